The van der Waals surface area contributed by atoms with E-state index in [1.165, 1.54) is 0 Å². The third-order valence-electron chi connectivity index (χ3n) is 3.23. The van der Waals surface area contributed by atoms with Gasteiger partial charge >= 0.3 is 0 Å². The summed E-state index contributed by atoms with van der Waals surface area (Å²) in [4.78, 5) is 4.33. The molecular weight excluding hydrogens is 330 g/mol. The molecule has 0 saturated carbocycles. The SMILES string of the molecule is COc1cc(Nc2ccc(N)c3ncccc23)ccc1Br. The second-order valence-electron chi connectivity index (χ2n) is 4.58. The Bertz CT molecular complexity index is 805. The number of aromatic nitrogens is 1. The molecule has 4 nitrogen and oxygen atoms in total. The van der Waals surface area contributed by atoms with Crippen molar-refractivity contribution in [2.45, 2.75) is 0 Å². The van der Waals surface area contributed by atoms with Crippen molar-refractivity contribution in [2.75, 3.05) is 18.2 Å². The van der Waals surface area contributed by atoms with Gasteiger partial charge in [-0.05, 0) is 52.3 Å². The second kappa shape index (κ2) is 5.61. The number of nitrogens with zero attached hydrogens (tertiary/aromatic N) is 1. The molecule has 106 valence electrons. The minimum atomic E-state index is 0.671. The minimum Gasteiger partial charge on any atom is -0.495 e. The zero-order chi connectivity index (χ0) is 14.8. The maximum atomic E-state index is 5.97. The summed E-state index contributed by atoms with van der Waals surface area (Å²) in [5.41, 5.74) is 9.33. The molecule has 0 aliphatic carbocycles. The van der Waals surface area contributed by atoms with Gasteiger partial charge in [-0.15, -0.1) is 0 Å². The Kier molecular flexibility index (Phi) is 3.66. The molecule has 0 bridgehead atoms. The summed E-state index contributed by atoms with van der Waals surface area (Å²) < 4.78 is 6.23. The van der Waals surface area contributed by atoms with Crippen molar-refractivity contribution >= 4 is 43.9 Å². The van der Waals surface area contributed by atoms with Crippen LogP contribution in [0.4, 0.5) is 17.1 Å². The number of rotatable bonds is 3. The first-order valence-corrected chi connectivity index (χ1v) is 7.22. The van der Waals surface area contributed by atoms with Crippen molar-refractivity contribution in [2.24, 2.45) is 0 Å². The molecule has 0 aliphatic rings. The number of nitrogen functional groups attached to an aromatic ring is 1. The maximum absolute atomic E-state index is 5.97. The largest absolute Gasteiger partial charge is 0.495 e. The highest BCUT2D eigenvalue weighted by Gasteiger charge is 2.07. The molecule has 1 heterocycles. The number of nitrogens with one attached hydrogen (secondary N) is 1. The molecule has 0 spiro atoms. The molecule has 2 aromatic carbocycles. The van der Waals surface area contributed by atoms with Gasteiger partial charge in [-0.1, -0.05) is 0 Å². The van der Waals surface area contributed by atoms with E-state index in [4.69, 9.17) is 10.5 Å². The van der Waals surface area contributed by atoms with Crippen LogP contribution in [0.3, 0.4) is 0 Å². The first kappa shape index (κ1) is 13.7. The lowest BCUT2D eigenvalue weighted by molar-refractivity contribution is 0.412. The monoisotopic (exact) mass is 343 g/mol. The number of nitrogens with two attached hydrogens (primary N) is 1. The Hall–Kier alpha value is -2.27. The summed E-state index contributed by atoms with van der Waals surface area (Å²) in [6, 6.07) is 13.6. The predicted octanol–water partition coefficient (Wildman–Crippen LogP) is 4.33. The number of anilines is 3. The van der Waals surface area contributed by atoms with E-state index in [-0.39, 0.29) is 0 Å². The van der Waals surface area contributed by atoms with E-state index < -0.39 is 0 Å². The first-order valence-electron chi connectivity index (χ1n) is 6.43. The number of benzene rings is 2. The van der Waals surface area contributed by atoms with Crippen molar-refractivity contribution in [1.29, 1.82) is 0 Å². The van der Waals surface area contributed by atoms with Crippen molar-refractivity contribution in [3.05, 3.63) is 53.1 Å². The van der Waals surface area contributed by atoms with Gasteiger partial charge in [0.25, 0.3) is 0 Å². The predicted molar refractivity (Wildman–Crippen MR) is 90.1 cm³/mol. The molecule has 1 aromatic heterocycles. The van der Waals surface area contributed by atoms with E-state index in [2.05, 4.69) is 26.2 Å². The zero-order valence-electron chi connectivity index (χ0n) is 11.4. The van der Waals surface area contributed by atoms with Crippen LogP contribution in [0.25, 0.3) is 10.9 Å². The topological polar surface area (TPSA) is 60.2 Å². The molecule has 0 radical (unpaired) electrons. The fourth-order valence-electron chi connectivity index (χ4n) is 2.20. The molecule has 3 aromatic rings. The Balaban J connectivity index is 2.04. The van der Waals surface area contributed by atoms with Gasteiger partial charge in [-0.25, -0.2) is 0 Å². The second-order valence-corrected chi connectivity index (χ2v) is 5.43. The lowest BCUT2D eigenvalue weighted by Crippen LogP contribution is -1.96. The van der Waals surface area contributed by atoms with Crippen LogP contribution in [0.5, 0.6) is 5.75 Å². The molecular formula is C16H14BrN3O. The van der Waals surface area contributed by atoms with Crippen LogP contribution in [-0.2, 0) is 0 Å². The van der Waals surface area contributed by atoms with Crippen molar-refractivity contribution < 1.29 is 4.74 Å². The fourth-order valence-corrected chi connectivity index (χ4v) is 2.61. The summed E-state index contributed by atoms with van der Waals surface area (Å²) in [6.45, 7) is 0. The molecule has 0 unspecified atom stereocenters. The summed E-state index contributed by atoms with van der Waals surface area (Å²) >= 11 is 3.45. The Morgan fingerprint density at radius 3 is 2.86 bits per heavy atom. The summed E-state index contributed by atoms with van der Waals surface area (Å²) in [5.74, 6) is 0.776. The smallest absolute Gasteiger partial charge is 0.135 e. The highest BCUT2D eigenvalue weighted by atomic mass is 79.9. The summed E-state index contributed by atoms with van der Waals surface area (Å²) in [7, 11) is 1.65. The van der Waals surface area contributed by atoms with Gasteiger partial charge in [-0.2, -0.15) is 0 Å². The first-order chi connectivity index (χ1) is 10.2. The molecule has 0 saturated heterocycles. The van der Waals surface area contributed by atoms with Gasteiger partial charge in [0.2, 0.25) is 0 Å². The minimum absolute atomic E-state index is 0.671. The third kappa shape index (κ3) is 2.64. The number of ether oxygens (including phenoxy) is 1. The lowest BCUT2D eigenvalue weighted by Gasteiger charge is -2.12. The van der Waals surface area contributed by atoms with Gasteiger partial charge in [0.15, 0.2) is 0 Å². The van der Waals surface area contributed by atoms with Crippen molar-refractivity contribution in [1.82, 2.24) is 4.98 Å². The average molecular weight is 344 g/mol. The molecule has 5 heteroatoms. The number of hydrogen-bond acceptors (Lipinski definition) is 4. The maximum Gasteiger partial charge on any atom is 0.135 e. The van der Waals surface area contributed by atoms with Gasteiger partial charge < -0.3 is 15.8 Å². The van der Waals surface area contributed by atoms with Crippen molar-refractivity contribution in [3.8, 4) is 5.75 Å². The van der Waals surface area contributed by atoms with Crippen LogP contribution < -0.4 is 15.8 Å². The van der Waals surface area contributed by atoms with Crippen molar-refractivity contribution in [3.63, 3.8) is 0 Å². The number of methoxy groups -OCH3 is 1. The number of pyridine rings is 1. The Morgan fingerprint density at radius 2 is 2.05 bits per heavy atom. The summed E-state index contributed by atoms with van der Waals surface area (Å²) in [6.07, 6.45) is 1.74. The Morgan fingerprint density at radius 1 is 1.19 bits per heavy atom. The normalized spacial score (nSPS) is 10.6. The van der Waals surface area contributed by atoms with Gasteiger partial charge in [0, 0.05) is 29.0 Å². The van der Waals surface area contributed by atoms with Crippen LogP contribution in [0.15, 0.2) is 53.1 Å². The van der Waals surface area contributed by atoms with E-state index in [0.29, 0.717) is 5.69 Å². The third-order valence-corrected chi connectivity index (χ3v) is 3.89. The quantitative estimate of drug-likeness (QED) is 0.694. The van der Waals surface area contributed by atoms with E-state index in [1.54, 1.807) is 13.3 Å². The highest BCUT2D eigenvalue weighted by Crippen LogP contribution is 2.32. The molecule has 0 fully saturated rings. The number of halogens is 1. The lowest BCUT2D eigenvalue weighted by atomic mass is 10.1. The standard InChI is InChI=1S/C16H14BrN3O/c1-21-15-9-10(4-5-12(15)17)20-14-7-6-13(18)16-11(14)3-2-8-19-16/h2-9,20H,18H2,1H3. The van der Waals surface area contributed by atoms with Crippen LogP contribution >= 0.6 is 15.9 Å². The van der Waals surface area contributed by atoms with Crippen LogP contribution in [0, 0.1) is 0 Å². The fraction of sp³-hybridized carbons (Fsp3) is 0.0625. The molecule has 3 rings (SSSR count). The van der Waals surface area contributed by atoms with Crippen LogP contribution in [0.2, 0.25) is 0 Å². The average Bonchev–Trinajstić information content (AvgIpc) is 2.52. The molecule has 3 N–H and O–H groups in total. The van der Waals surface area contributed by atoms with Crippen LogP contribution in [-0.4, -0.2) is 12.1 Å². The number of fused-ring (bicyclic) bond motifs is 1. The van der Waals surface area contributed by atoms with E-state index in [1.807, 2.05) is 42.5 Å². The van der Waals surface area contributed by atoms with E-state index >= 15 is 0 Å². The highest BCUT2D eigenvalue weighted by molar-refractivity contribution is 9.10. The van der Waals surface area contributed by atoms with E-state index in [9.17, 15) is 0 Å². The summed E-state index contributed by atoms with van der Waals surface area (Å²) in [5, 5.41) is 4.37. The molecule has 21 heavy (non-hydrogen) atoms. The zero-order valence-corrected chi connectivity index (χ0v) is 13.0. The Labute approximate surface area is 131 Å². The molecule has 0 atom stereocenters. The van der Waals surface area contributed by atoms with Gasteiger partial charge in [0.1, 0.15) is 5.75 Å². The van der Waals surface area contributed by atoms with Crippen LogP contribution in [0.1, 0.15) is 0 Å². The number of hydrogen-bond donors (Lipinski definition) is 2. The van der Waals surface area contributed by atoms with Gasteiger partial charge in [0.05, 0.1) is 22.8 Å². The van der Waals surface area contributed by atoms with E-state index in [0.717, 1.165) is 32.5 Å². The van der Waals surface area contributed by atoms with Gasteiger partial charge in [-0.3, -0.25) is 4.98 Å². The molecule has 0 amide bonds. The molecule has 0 aliphatic heterocycles.